The molecule has 1 aromatic rings. The van der Waals surface area contributed by atoms with Crippen LogP contribution in [0, 0.1) is 11.8 Å². The molecule has 1 aromatic carbocycles. The van der Waals surface area contributed by atoms with E-state index in [4.69, 9.17) is 16.3 Å². The van der Waals surface area contributed by atoms with Crippen molar-refractivity contribution in [2.24, 2.45) is 11.8 Å². The molecule has 0 aliphatic carbocycles. The number of rotatable bonds is 4. The number of benzene rings is 1. The number of carboxylic acid groups (broad SMARTS) is 1. The number of carbonyl (C=O) groups is 2. The van der Waals surface area contributed by atoms with Gasteiger partial charge in [-0.05, 0) is 30.5 Å². The van der Waals surface area contributed by atoms with E-state index in [0.717, 1.165) is 18.4 Å². The minimum Gasteiger partial charge on any atom is -0.481 e. The van der Waals surface area contributed by atoms with Crippen LogP contribution in [0.3, 0.4) is 0 Å². The lowest BCUT2D eigenvalue weighted by Gasteiger charge is -2.23. The van der Waals surface area contributed by atoms with Gasteiger partial charge in [0.2, 0.25) is 5.91 Å². The summed E-state index contributed by atoms with van der Waals surface area (Å²) >= 11 is 5.81. The van der Waals surface area contributed by atoms with Crippen LogP contribution in [-0.4, -0.2) is 29.2 Å². The van der Waals surface area contributed by atoms with Gasteiger partial charge in [0.25, 0.3) is 0 Å². The minimum atomic E-state index is -0.950. The fraction of sp³-hybridized carbons (Fsp3) is 0.467. The number of halogens is 1. The van der Waals surface area contributed by atoms with Gasteiger partial charge in [-0.2, -0.15) is 0 Å². The van der Waals surface area contributed by atoms with E-state index in [-0.39, 0.29) is 18.1 Å². The lowest BCUT2D eigenvalue weighted by molar-refractivity contribution is -0.147. The van der Waals surface area contributed by atoms with E-state index >= 15 is 0 Å². The molecule has 0 saturated carbocycles. The standard InChI is InChI=1S/C15H16ClNO4/c16-9-3-1-8(2-4-9)7-17-14(18)12-10-5-6-11(21-10)13(12)15(19)20/h1-4,10-13H,5-7H2,(H,17,18)(H,19,20)/t10-,11-,12-,13+/m1/s1. The third-order valence-corrected chi connectivity index (χ3v) is 4.49. The highest BCUT2D eigenvalue weighted by molar-refractivity contribution is 6.30. The van der Waals surface area contributed by atoms with Crippen molar-refractivity contribution in [3.8, 4) is 0 Å². The first-order valence-electron chi connectivity index (χ1n) is 6.96. The van der Waals surface area contributed by atoms with Gasteiger partial charge in [0.15, 0.2) is 0 Å². The summed E-state index contributed by atoms with van der Waals surface area (Å²) < 4.78 is 5.59. The number of ether oxygens (including phenoxy) is 1. The summed E-state index contributed by atoms with van der Waals surface area (Å²) in [4.78, 5) is 23.7. The van der Waals surface area contributed by atoms with Crippen LogP contribution in [0.5, 0.6) is 0 Å². The molecule has 1 amide bonds. The Labute approximate surface area is 127 Å². The molecular weight excluding hydrogens is 294 g/mol. The fourth-order valence-corrected chi connectivity index (χ4v) is 3.36. The summed E-state index contributed by atoms with van der Waals surface area (Å²) in [7, 11) is 0. The second kappa shape index (κ2) is 5.66. The first kappa shape index (κ1) is 14.4. The quantitative estimate of drug-likeness (QED) is 0.890. The van der Waals surface area contributed by atoms with Crippen molar-refractivity contribution in [3.63, 3.8) is 0 Å². The summed E-state index contributed by atoms with van der Waals surface area (Å²) in [6.07, 6.45) is 0.899. The van der Waals surface area contributed by atoms with Gasteiger partial charge >= 0.3 is 5.97 Å². The summed E-state index contributed by atoms with van der Waals surface area (Å²) in [6, 6.07) is 7.16. The number of carbonyl (C=O) groups excluding carboxylic acids is 1. The monoisotopic (exact) mass is 309 g/mol. The SMILES string of the molecule is O=C(O)[C@@H]1[C@H](C(=O)NCc2ccc(Cl)cc2)[C@H]2CC[C@H]1O2. The van der Waals surface area contributed by atoms with Crippen LogP contribution in [0.2, 0.25) is 5.02 Å². The van der Waals surface area contributed by atoms with Gasteiger partial charge in [0, 0.05) is 11.6 Å². The Hall–Kier alpha value is -1.59. The molecule has 6 heteroatoms. The molecule has 2 bridgehead atoms. The van der Waals surface area contributed by atoms with Gasteiger partial charge in [-0.3, -0.25) is 9.59 Å². The van der Waals surface area contributed by atoms with Crippen molar-refractivity contribution in [2.45, 2.75) is 31.6 Å². The van der Waals surface area contributed by atoms with Gasteiger partial charge in [-0.25, -0.2) is 0 Å². The molecule has 2 heterocycles. The average molecular weight is 310 g/mol. The normalized spacial score (nSPS) is 30.3. The molecule has 0 spiro atoms. The molecule has 2 aliphatic heterocycles. The predicted octanol–water partition coefficient (Wildman–Crippen LogP) is 1.83. The van der Waals surface area contributed by atoms with Crippen molar-refractivity contribution in [2.75, 3.05) is 0 Å². The zero-order valence-corrected chi connectivity index (χ0v) is 12.0. The Morgan fingerprint density at radius 3 is 2.43 bits per heavy atom. The lowest BCUT2D eigenvalue weighted by atomic mass is 9.78. The molecule has 112 valence electrons. The number of hydrogen-bond acceptors (Lipinski definition) is 3. The highest BCUT2D eigenvalue weighted by atomic mass is 35.5. The van der Waals surface area contributed by atoms with Gasteiger partial charge < -0.3 is 15.2 Å². The van der Waals surface area contributed by atoms with Crippen LogP contribution in [0.25, 0.3) is 0 Å². The highest BCUT2D eigenvalue weighted by Crippen LogP contribution is 2.43. The zero-order valence-electron chi connectivity index (χ0n) is 11.3. The van der Waals surface area contributed by atoms with E-state index in [2.05, 4.69) is 5.32 Å². The van der Waals surface area contributed by atoms with E-state index < -0.39 is 17.8 Å². The number of amides is 1. The number of nitrogens with one attached hydrogen (secondary N) is 1. The Bertz CT molecular complexity index is 559. The first-order chi connectivity index (χ1) is 10.1. The van der Waals surface area contributed by atoms with Crippen molar-refractivity contribution in [1.29, 1.82) is 0 Å². The summed E-state index contributed by atoms with van der Waals surface area (Å²) in [5.41, 5.74) is 0.920. The molecule has 0 radical (unpaired) electrons. The number of fused-ring (bicyclic) bond motifs is 2. The summed E-state index contributed by atoms with van der Waals surface area (Å²) in [6.45, 7) is 0.357. The largest absolute Gasteiger partial charge is 0.481 e. The molecule has 21 heavy (non-hydrogen) atoms. The van der Waals surface area contributed by atoms with E-state index in [1.165, 1.54) is 0 Å². The average Bonchev–Trinajstić information content (AvgIpc) is 3.06. The van der Waals surface area contributed by atoms with Crippen molar-refractivity contribution >= 4 is 23.5 Å². The number of hydrogen-bond donors (Lipinski definition) is 2. The van der Waals surface area contributed by atoms with Gasteiger partial charge in [0.05, 0.1) is 24.0 Å². The maximum absolute atomic E-state index is 12.3. The molecule has 2 saturated heterocycles. The second-order valence-corrected chi connectivity index (χ2v) is 5.96. The molecule has 3 rings (SSSR count). The topological polar surface area (TPSA) is 75.6 Å². The van der Waals surface area contributed by atoms with E-state index in [9.17, 15) is 14.7 Å². The lowest BCUT2D eigenvalue weighted by Crippen LogP contribution is -2.43. The van der Waals surface area contributed by atoms with Gasteiger partial charge in [-0.1, -0.05) is 23.7 Å². The third-order valence-electron chi connectivity index (χ3n) is 4.24. The van der Waals surface area contributed by atoms with E-state index in [1.807, 2.05) is 12.1 Å². The molecule has 5 nitrogen and oxygen atoms in total. The maximum atomic E-state index is 12.3. The molecule has 0 aromatic heterocycles. The number of aliphatic carboxylic acids is 1. The van der Waals surface area contributed by atoms with E-state index in [0.29, 0.717) is 11.6 Å². The smallest absolute Gasteiger partial charge is 0.310 e. The first-order valence-corrected chi connectivity index (χ1v) is 7.34. The van der Waals surface area contributed by atoms with Crippen molar-refractivity contribution in [1.82, 2.24) is 5.32 Å². The third kappa shape index (κ3) is 2.76. The predicted molar refractivity (Wildman–Crippen MR) is 75.8 cm³/mol. The minimum absolute atomic E-state index is 0.246. The fourth-order valence-electron chi connectivity index (χ4n) is 3.23. The van der Waals surface area contributed by atoms with Crippen LogP contribution in [-0.2, 0) is 20.9 Å². The van der Waals surface area contributed by atoms with Gasteiger partial charge in [-0.15, -0.1) is 0 Å². The molecule has 4 atom stereocenters. The Morgan fingerprint density at radius 1 is 1.19 bits per heavy atom. The van der Waals surface area contributed by atoms with Crippen LogP contribution in [0.15, 0.2) is 24.3 Å². The van der Waals surface area contributed by atoms with Gasteiger partial charge in [0.1, 0.15) is 0 Å². The highest BCUT2D eigenvalue weighted by Gasteiger charge is 2.55. The van der Waals surface area contributed by atoms with E-state index in [1.54, 1.807) is 12.1 Å². The molecule has 2 fully saturated rings. The Kier molecular flexibility index (Phi) is 3.87. The summed E-state index contributed by atoms with van der Waals surface area (Å²) in [5, 5.41) is 12.7. The van der Waals surface area contributed by atoms with Crippen LogP contribution in [0.1, 0.15) is 18.4 Å². The maximum Gasteiger partial charge on any atom is 0.310 e. The second-order valence-electron chi connectivity index (χ2n) is 5.52. The summed E-state index contributed by atoms with van der Waals surface area (Å²) in [5.74, 6) is -2.51. The Balaban J connectivity index is 1.64. The van der Waals surface area contributed by atoms with Crippen molar-refractivity contribution < 1.29 is 19.4 Å². The zero-order chi connectivity index (χ0) is 15.0. The van der Waals surface area contributed by atoms with Crippen LogP contribution < -0.4 is 5.32 Å². The van der Waals surface area contributed by atoms with Crippen molar-refractivity contribution in [3.05, 3.63) is 34.9 Å². The molecular formula is C15H16ClNO4. The molecule has 0 unspecified atom stereocenters. The van der Waals surface area contributed by atoms with Crippen LogP contribution >= 0.6 is 11.6 Å². The molecule has 2 N–H and O–H groups in total. The Morgan fingerprint density at radius 2 is 1.81 bits per heavy atom. The molecule has 2 aliphatic rings. The number of carboxylic acids is 1. The van der Waals surface area contributed by atoms with Crippen LogP contribution in [0.4, 0.5) is 0 Å².